The molecule has 0 saturated carbocycles. The Morgan fingerprint density at radius 3 is 2.79 bits per heavy atom. The number of epoxide rings is 1. The molecule has 3 heterocycles. The second-order valence-electron chi connectivity index (χ2n) is 8.69. The number of carbonyl (C=O) groups is 2. The molecule has 0 bridgehead atoms. The molecule has 4 aliphatic rings. The summed E-state index contributed by atoms with van der Waals surface area (Å²) in [6.45, 7) is 6.04. The van der Waals surface area contributed by atoms with Crippen LogP contribution >= 0.6 is 0 Å². The minimum Gasteiger partial charge on any atom is -0.455 e. The van der Waals surface area contributed by atoms with Gasteiger partial charge in [-0.15, -0.1) is 0 Å². The molecule has 3 saturated heterocycles. The van der Waals surface area contributed by atoms with E-state index in [4.69, 9.17) is 14.2 Å². The molecular weight excluding hydrogens is 384 g/mol. The van der Waals surface area contributed by atoms with Crippen molar-refractivity contribution in [1.29, 1.82) is 0 Å². The highest BCUT2D eigenvalue weighted by molar-refractivity contribution is 5.91. The molecule has 3 fully saturated rings. The van der Waals surface area contributed by atoms with E-state index in [-0.39, 0.29) is 62.2 Å². The van der Waals surface area contributed by atoms with Crippen LogP contribution in [0.1, 0.15) is 45.4 Å². The Morgan fingerprint density at radius 2 is 2.07 bits per heavy atom. The number of likely N-dealkylation sites (tertiary alicyclic amines) is 1. The van der Waals surface area contributed by atoms with Crippen LogP contribution in [0.3, 0.4) is 0 Å². The first-order chi connectivity index (χ1) is 13.7. The highest BCUT2D eigenvalue weighted by Gasteiger charge is 2.61. The molecule has 1 amide bonds. The van der Waals surface area contributed by atoms with Gasteiger partial charge in [0, 0.05) is 37.4 Å². The summed E-state index contributed by atoms with van der Waals surface area (Å²) >= 11 is 0. The maximum atomic E-state index is 13.3. The van der Waals surface area contributed by atoms with Crippen molar-refractivity contribution < 1.29 is 32.6 Å². The van der Waals surface area contributed by atoms with Crippen molar-refractivity contribution in [2.45, 2.75) is 69.2 Å². The van der Waals surface area contributed by atoms with Gasteiger partial charge in [0.1, 0.15) is 18.8 Å². The zero-order valence-corrected chi connectivity index (χ0v) is 16.6. The minimum atomic E-state index is -2.70. The fraction of sp³-hybridized carbons (Fsp3) is 0.714. The first-order valence-corrected chi connectivity index (χ1v) is 10.2. The lowest BCUT2D eigenvalue weighted by Gasteiger charge is -2.31. The van der Waals surface area contributed by atoms with Crippen molar-refractivity contribution in [3.63, 3.8) is 0 Å². The number of hydrogen-bond donors (Lipinski definition) is 0. The van der Waals surface area contributed by atoms with Crippen molar-refractivity contribution in [2.24, 2.45) is 5.92 Å². The van der Waals surface area contributed by atoms with E-state index in [1.54, 1.807) is 0 Å². The number of rotatable bonds is 2. The number of ether oxygens (including phenoxy) is 3. The lowest BCUT2D eigenvalue weighted by Crippen LogP contribution is -2.43. The summed E-state index contributed by atoms with van der Waals surface area (Å²) in [6, 6.07) is 0. The second kappa shape index (κ2) is 7.38. The number of halogens is 2. The fourth-order valence-electron chi connectivity index (χ4n) is 4.51. The minimum absolute atomic E-state index is 0.00495. The molecule has 29 heavy (non-hydrogen) atoms. The number of allylic oxidation sites excluding steroid dienone is 1. The molecule has 0 unspecified atom stereocenters. The van der Waals surface area contributed by atoms with Crippen molar-refractivity contribution in [3.8, 4) is 0 Å². The van der Waals surface area contributed by atoms with Crippen LogP contribution < -0.4 is 0 Å². The molecule has 8 heteroatoms. The number of nitrogens with zero attached hydrogens (tertiary/aromatic N) is 1. The van der Waals surface area contributed by atoms with Gasteiger partial charge in [-0.1, -0.05) is 12.7 Å². The molecule has 0 aromatic carbocycles. The Kier molecular flexibility index (Phi) is 5.17. The second-order valence-corrected chi connectivity index (χ2v) is 8.69. The lowest BCUT2D eigenvalue weighted by molar-refractivity contribution is -0.140. The highest BCUT2D eigenvalue weighted by Crippen LogP contribution is 2.49. The largest absolute Gasteiger partial charge is 0.455 e. The number of piperidine rings is 1. The van der Waals surface area contributed by atoms with Crippen LogP contribution in [0, 0.1) is 5.92 Å². The van der Waals surface area contributed by atoms with Gasteiger partial charge in [0.05, 0.1) is 5.60 Å². The van der Waals surface area contributed by atoms with Gasteiger partial charge in [0.2, 0.25) is 0 Å². The van der Waals surface area contributed by atoms with Gasteiger partial charge < -0.3 is 19.1 Å². The fourth-order valence-corrected chi connectivity index (χ4v) is 4.51. The summed E-state index contributed by atoms with van der Waals surface area (Å²) in [7, 11) is 0. The monoisotopic (exact) mass is 411 g/mol. The highest BCUT2D eigenvalue weighted by atomic mass is 19.3. The number of hydrogen-bond acceptors (Lipinski definition) is 5. The van der Waals surface area contributed by atoms with Crippen LogP contribution in [0.5, 0.6) is 0 Å². The zero-order chi connectivity index (χ0) is 20.8. The van der Waals surface area contributed by atoms with Crippen LogP contribution in [-0.4, -0.2) is 60.4 Å². The summed E-state index contributed by atoms with van der Waals surface area (Å²) < 4.78 is 43.3. The van der Waals surface area contributed by atoms with Crippen molar-refractivity contribution >= 4 is 12.1 Å². The topological polar surface area (TPSA) is 68.4 Å². The average Bonchev–Trinajstić information content (AvgIpc) is 3.26. The quantitative estimate of drug-likeness (QED) is 0.301. The van der Waals surface area contributed by atoms with E-state index in [0.29, 0.717) is 18.4 Å². The lowest BCUT2D eigenvalue weighted by atomic mass is 9.84. The summed E-state index contributed by atoms with van der Waals surface area (Å²) in [4.78, 5) is 25.6. The van der Waals surface area contributed by atoms with Crippen LogP contribution in [0.25, 0.3) is 0 Å². The van der Waals surface area contributed by atoms with Gasteiger partial charge in [0.15, 0.2) is 0 Å². The molecule has 0 aromatic rings. The van der Waals surface area contributed by atoms with Crippen LogP contribution in [0.2, 0.25) is 0 Å². The van der Waals surface area contributed by atoms with Crippen LogP contribution in [-0.2, 0) is 19.0 Å². The Bertz CT molecular complexity index is 741. The SMILES string of the molecule is C=C1C(=O)O[C@H]2[C@H]1CCC(COC(=O)N1CCC(F)(F)CC1)=CCC[C@@]1(C)O[C@@H]21. The van der Waals surface area contributed by atoms with E-state index in [1.165, 1.54) is 4.90 Å². The predicted molar refractivity (Wildman–Crippen MR) is 99.4 cm³/mol. The van der Waals surface area contributed by atoms with Crippen molar-refractivity contribution in [3.05, 3.63) is 23.8 Å². The molecule has 6 nitrogen and oxygen atoms in total. The summed E-state index contributed by atoms with van der Waals surface area (Å²) in [5, 5.41) is 0. The first-order valence-electron chi connectivity index (χ1n) is 10.2. The maximum Gasteiger partial charge on any atom is 0.410 e. The summed E-state index contributed by atoms with van der Waals surface area (Å²) in [6.07, 6.45) is 3.28. The Hall–Kier alpha value is -1.96. The third-order valence-corrected chi connectivity index (χ3v) is 6.57. The van der Waals surface area contributed by atoms with E-state index >= 15 is 0 Å². The molecule has 0 N–H and O–H groups in total. The standard InChI is InChI=1S/C21H27F2NO5/c1-13-15-6-5-14(12-27-19(26)24-10-8-21(22,23)9-11-24)4-3-7-20(2)17(29-20)16(15)28-18(13)25/h4,15-17H,1,3,5-12H2,2H3/t15-,16-,17-,20+/m0/s1. The molecule has 3 aliphatic heterocycles. The normalized spacial score (nSPS) is 36.4. The molecule has 0 aromatic heterocycles. The first kappa shape index (κ1) is 20.3. The maximum absolute atomic E-state index is 13.3. The summed E-state index contributed by atoms with van der Waals surface area (Å²) in [5.74, 6) is -3.18. The third kappa shape index (κ3) is 4.17. The Morgan fingerprint density at radius 1 is 1.34 bits per heavy atom. The Labute approximate surface area is 168 Å². The number of carbonyl (C=O) groups excluding carboxylic acids is 2. The van der Waals surface area contributed by atoms with Gasteiger partial charge >= 0.3 is 12.1 Å². The summed E-state index contributed by atoms with van der Waals surface area (Å²) in [5.41, 5.74) is 1.11. The van der Waals surface area contributed by atoms with Crippen LogP contribution in [0.4, 0.5) is 13.6 Å². The Balaban J connectivity index is 1.36. The molecular formula is C21H27F2NO5. The number of amides is 1. The van der Waals surface area contributed by atoms with Gasteiger partial charge in [-0.05, 0) is 38.2 Å². The van der Waals surface area contributed by atoms with E-state index in [0.717, 1.165) is 18.4 Å². The smallest absolute Gasteiger partial charge is 0.410 e. The third-order valence-electron chi connectivity index (χ3n) is 6.57. The van der Waals surface area contributed by atoms with Crippen LogP contribution in [0.15, 0.2) is 23.8 Å². The van der Waals surface area contributed by atoms with Gasteiger partial charge in [0.25, 0.3) is 5.92 Å². The average molecular weight is 411 g/mol. The van der Waals surface area contributed by atoms with Crippen molar-refractivity contribution in [1.82, 2.24) is 4.90 Å². The molecule has 160 valence electrons. The number of alkyl halides is 2. The zero-order valence-electron chi connectivity index (χ0n) is 16.6. The van der Waals surface area contributed by atoms with E-state index in [9.17, 15) is 18.4 Å². The van der Waals surface area contributed by atoms with E-state index in [1.807, 2.05) is 6.92 Å². The molecule has 0 spiro atoms. The van der Waals surface area contributed by atoms with E-state index < -0.39 is 12.0 Å². The predicted octanol–water partition coefficient (Wildman–Crippen LogP) is 3.61. The molecule has 1 aliphatic carbocycles. The van der Waals surface area contributed by atoms with Gasteiger partial charge in [-0.3, -0.25) is 0 Å². The van der Waals surface area contributed by atoms with Gasteiger partial charge in [-0.25, -0.2) is 18.4 Å². The van der Waals surface area contributed by atoms with Crippen molar-refractivity contribution in [2.75, 3.05) is 19.7 Å². The number of esters is 1. The molecule has 0 radical (unpaired) electrons. The molecule has 4 atom stereocenters. The molecule has 4 rings (SSSR count). The van der Waals surface area contributed by atoms with Gasteiger partial charge in [-0.2, -0.15) is 0 Å². The number of fused-ring (bicyclic) bond motifs is 3. The van der Waals surface area contributed by atoms with E-state index in [2.05, 4.69) is 12.7 Å².